The third-order valence-corrected chi connectivity index (χ3v) is 7.09. The first-order valence-electron chi connectivity index (χ1n) is 11.3. The Hall–Kier alpha value is -2.97. The van der Waals surface area contributed by atoms with Crippen molar-refractivity contribution in [1.82, 2.24) is 15.1 Å². The molecule has 0 radical (unpaired) electrons. The SMILES string of the molecule is COCCN1C(=O)NC(Cc2ccccc2Cl)(C2CCN(C(=O)c3ccc(F)cc3)CC2)C1=O. The van der Waals surface area contributed by atoms with Gasteiger partial charge in [0.05, 0.1) is 13.2 Å². The molecule has 7 nitrogen and oxygen atoms in total. The van der Waals surface area contributed by atoms with Crippen LogP contribution < -0.4 is 5.32 Å². The summed E-state index contributed by atoms with van der Waals surface area (Å²) in [6.07, 6.45) is 1.32. The molecule has 0 aliphatic carbocycles. The van der Waals surface area contributed by atoms with E-state index in [0.717, 1.165) is 5.56 Å². The lowest BCUT2D eigenvalue weighted by Crippen LogP contribution is -2.58. The van der Waals surface area contributed by atoms with E-state index < -0.39 is 17.4 Å². The highest BCUT2D eigenvalue weighted by atomic mass is 35.5. The second-order valence-corrected chi connectivity index (χ2v) is 9.10. The Morgan fingerprint density at radius 3 is 2.47 bits per heavy atom. The first kappa shape index (κ1) is 24.2. The van der Waals surface area contributed by atoms with Gasteiger partial charge in [-0.3, -0.25) is 14.5 Å². The monoisotopic (exact) mass is 487 g/mol. The van der Waals surface area contributed by atoms with E-state index in [1.54, 1.807) is 11.0 Å². The Kier molecular flexibility index (Phi) is 7.19. The molecule has 0 bridgehead atoms. The first-order valence-corrected chi connectivity index (χ1v) is 11.6. The van der Waals surface area contributed by atoms with Gasteiger partial charge in [-0.25, -0.2) is 9.18 Å². The molecular formula is C25H27ClFN3O4. The molecule has 1 N–H and O–H groups in total. The molecule has 0 aromatic heterocycles. The van der Waals surface area contributed by atoms with E-state index >= 15 is 0 Å². The van der Waals surface area contributed by atoms with Crippen molar-refractivity contribution in [2.45, 2.75) is 24.8 Å². The number of hydrogen-bond donors (Lipinski definition) is 1. The number of methoxy groups -OCH3 is 1. The molecule has 2 heterocycles. The summed E-state index contributed by atoms with van der Waals surface area (Å²) >= 11 is 6.41. The van der Waals surface area contributed by atoms with Crippen molar-refractivity contribution < 1.29 is 23.5 Å². The van der Waals surface area contributed by atoms with Crippen molar-refractivity contribution in [2.75, 3.05) is 33.4 Å². The van der Waals surface area contributed by atoms with Crippen LogP contribution in [-0.2, 0) is 16.0 Å². The van der Waals surface area contributed by atoms with E-state index in [2.05, 4.69) is 5.32 Å². The fourth-order valence-electron chi connectivity index (χ4n) is 4.86. The van der Waals surface area contributed by atoms with Crippen LogP contribution in [-0.4, -0.2) is 66.5 Å². The lowest BCUT2D eigenvalue weighted by Gasteiger charge is -2.41. The number of amides is 4. The Labute approximate surface area is 202 Å². The smallest absolute Gasteiger partial charge is 0.325 e. The average Bonchev–Trinajstić information content (AvgIpc) is 3.09. The van der Waals surface area contributed by atoms with Gasteiger partial charge in [0.1, 0.15) is 11.4 Å². The van der Waals surface area contributed by atoms with Crippen LogP contribution in [0.25, 0.3) is 0 Å². The molecule has 9 heteroatoms. The number of hydrogen-bond acceptors (Lipinski definition) is 4. The molecule has 2 aromatic rings. The molecular weight excluding hydrogens is 461 g/mol. The number of ether oxygens (including phenoxy) is 1. The number of carbonyl (C=O) groups excluding carboxylic acids is 3. The number of nitrogens with zero attached hydrogens (tertiary/aromatic N) is 2. The highest BCUT2D eigenvalue weighted by Gasteiger charge is 2.56. The van der Waals surface area contributed by atoms with E-state index in [-0.39, 0.29) is 37.3 Å². The fourth-order valence-corrected chi connectivity index (χ4v) is 5.07. The number of piperidine rings is 1. The van der Waals surface area contributed by atoms with Crippen molar-refractivity contribution in [3.63, 3.8) is 0 Å². The molecule has 180 valence electrons. The summed E-state index contributed by atoms with van der Waals surface area (Å²) in [6.45, 7) is 1.25. The van der Waals surface area contributed by atoms with Gasteiger partial charge in [-0.1, -0.05) is 29.8 Å². The normalized spacial score (nSPS) is 21.1. The summed E-state index contributed by atoms with van der Waals surface area (Å²) in [5.74, 6) is -1.06. The number of rotatable bonds is 7. The number of imide groups is 1. The van der Waals surface area contributed by atoms with Crippen molar-refractivity contribution in [3.05, 3.63) is 70.5 Å². The van der Waals surface area contributed by atoms with E-state index in [9.17, 15) is 18.8 Å². The van der Waals surface area contributed by atoms with Crippen LogP contribution in [0.2, 0.25) is 5.02 Å². The van der Waals surface area contributed by atoms with Crippen molar-refractivity contribution in [3.8, 4) is 0 Å². The van der Waals surface area contributed by atoms with Gasteiger partial charge in [0.25, 0.3) is 11.8 Å². The molecule has 2 aliphatic rings. The molecule has 34 heavy (non-hydrogen) atoms. The number of likely N-dealkylation sites (tertiary alicyclic amines) is 1. The Balaban J connectivity index is 1.56. The van der Waals surface area contributed by atoms with Gasteiger partial charge in [-0.2, -0.15) is 0 Å². The van der Waals surface area contributed by atoms with E-state index in [1.165, 1.54) is 36.3 Å². The molecule has 0 saturated carbocycles. The number of carbonyl (C=O) groups is 3. The van der Waals surface area contributed by atoms with Crippen molar-refractivity contribution in [2.24, 2.45) is 5.92 Å². The fraction of sp³-hybridized carbons (Fsp3) is 0.400. The number of urea groups is 1. The summed E-state index contributed by atoms with van der Waals surface area (Å²) in [4.78, 5) is 42.3. The molecule has 1 atom stereocenters. The first-order chi connectivity index (χ1) is 16.4. The minimum Gasteiger partial charge on any atom is -0.383 e. The van der Waals surface area contributed by atoms with Gasteiger partial charge >= 0.3 is 6.03 Å². The summed E-state index contributed by atoms with van der Waals surface area (Å²) in [7, 11) is 1.52. The van der Waals surface area contributed by atoms with Crippen LogP contribution in [0.15, 0.2) is 48.5 Å². The zero-order valence-corrected chi connectivity index (χ0v) is 19.7. The van der Waals surface area contributed by atoms with Gasteiger partial charge in [0.2, 0.25) is 0 Å². The Morgan fingerprint density at radius 2 is 1.82 bits per heavy atom. The van der Waals surface area contributed by atoms with Crippen LogP contribution in [0.3, 0.4) is 0 Å². The van der Waals surface area contributed by atoms with Crippen molar-refractivity contribution in [1.29, 1.82) is 0 Å². The lowest BCUT2D eigenvalue weighted by molar-refractivity contribution is -0.134. The maximum atomic E-state index is 13.7. The molecule has 1 unspecified atom stereocenters. The van der Waals surface area contributed by atoms with Crippen LogP contribution >= 0.6 is 11.6 Å². The average molecular weight is 488 g/mol. The second kappa shape index (κ2) is 10.1. The quantitative estimate of drug-likeness (QED) is 0.606. The standard InChI is InChI=1S/C25H27ClFN3O4/c1-34-15-14-30-23(32)25(28-24(30)33,16-18-4-2-3-5-21(18)26)19-10-12-29(13-11-19)22(31)17-6-8-20(27)9-7-17/h2-9,19H,10-16H2,1H3,(H,28,33). The van der Waals surface area contributed by atoms with E-state index in [0.29, 0.717) is 36.5 Å². The maximum absolute atomic E-state index is 13.7. The minimum absolute atomic E-state index is 0.160. The molecule has 2 fully saturated rings. The number of benzene rings is 2. The lowest BCUT2D eigenvalue weighted by atomic mass is 9.73. The molecule has 0 spiro atoms. The van der Waals surface area contributed by atoms with E-state index in [4.69, 9.17) is 16.3 Å². The second-order valence-electron chi connectivity index (χ2n) is 8.69. The van der Waals surface area contributed by atoms with E-state index in [1.807, 2.05) is 18.2 Å². The third kappa shape index (κ3) is 4.65. The Morgan fingerprint density at radius 1 is 1.15 bits per heavy atom. The molecule has 2 aromatic carbocycles. The molecule has 4 amide bonds. The van der Waals surface area contributed by atoms with Gasteiger partial charge in [-0.05, 0) is 54.7 Å². The highest BCUT2D eigenvalue weighted by Crippen LogP contribution is 2.38. The summed E-state index contributed by atoms with van der Waals surface area (Å²) in [5.41, 5.74) is 0.0405. The van der Waals surface area contributed by atoms with Crippen LogP contribution in [0, 0.1) is 11.7 Å². The summed E-state index contributed by atoms with van der Waals surface area (Å²) in [5, 5.41) is 3.51. The predicted molar refractivity (Wildman–Crippen MR) is 125 cm³/mol. The van der Waals surface area contributed by atoms with Gasteiger partial charge < -0.3 is 15.0 Å². The van der Waals surface area contributed by atoms with Gasteiger partial charge in [-0.15, -0.1) is 0 Å². The van der Waals surface area contributed by atoms with Crippen LogP contribution in [0.4, 0.5) is 9.18 Å². The maximum Gasteiger partial charge on any atom is 0.325 e. The molecule has 2 saturated heterocycles. The van der Waals surface area contributed by atoms with Gasteiger partial charge in [0.15, 0.2) is 0 Å². The zero-order chi connectivity index (χ0) is 24.3. The summed E-state index contributed by atoms with van der Waals surface area (Å²) < 4.78 is 18.3. The van der Waals surface area contributed by atoms with Gasteiger partial charge in [0, 0.05) is 37.2 Å². The largest absolute Gasteiger partial charge is 0.383 e. The van der Waals surface area contributed by atoms with Crippen LogP contribution in [0.1, 0.15) is 28.8 Å². The van der Waals surface area contributed by atoms with Crippen LogP contribution in [0.5, 0.6) is 0 Å². The highest BCUT2D eigenvalue weighted by molar-refractivity contribution is 6.31. The number of halogens is 2. The summed E-state index contributed by atoms with van der Waals surface area (Å²) in [6, 6.07) is 12.3. The minimum atomic E-state index is -1.15. The molecule has 4 rings (SSSR count). The zero-order valence-electron chi connectivity index (χ0n) is 18.9. The number of nitrogens with one attached hydrogen (secondary N) is 1. The predicted octanol–water partition coefficient (Wildman–Crippen LogP) is 3.51. The topological polar surface area (TPSA) is 79.0 Å². The third-order valence-electron chi connectivity index (χ3n) is 6.72. The molecule has 2 aliphatic heterocycles. The Bertz CT molecular complexity index is 1070. The van der Waals surface area contributed by atoms with Crippen molar-refractivity contribution >= 4 is 29.4 Å².